The van der Waals surface area contributed by atoms with Crippen LogP contribution in [0.15, 0.2) is 36.4 Å². The first kappa shape index (κ1) is 19.9. The van der Waals surface area contributed by atoms with E-state index in [4.69, 9.17) is 4.74 Å². The van der Waals surface area contributed by atoms with Crippen LogP contribution in [0.25, 0.3) is 0 Å². The van der Waals surface area contributed by atoms with Crippen LogP contribution in [0.1, 0.15) is 21.4 Å². The van der Waals surface area contributed by atoms with Gasteiger partial charge in [-0.2, -0.15) is 13.2 Å². The average Bonchev–Trinajstić information content (AvgIpc) is 3.01. The predicted molar refractivity (Wildman–Crippen MR) is 91.9 cm³/mol. The molecule has 0 aliphatic rings. The van der Waals surface area contributed by atoms with Crippen LogP contribution in [-0.2, 0) is 20.5 Å². The highest BCUT2D eigenvalue weighted by molar-refractivity contribution is 7.12. The molecule has 1 aromatic heterocycles. The van der Waals surface area contributed by atoms with Crippen molar-refractivity contribution in [3.63, 3.8) is 0 Å². The van der Waals surface area contributed by atoms with E-state index in [2.05, 4.69) is 5.32 Å². The highest BCUT2D eigenvalue weighted by Crippen LogP contribution is 2.34. The van der Waals surface area contributed by atoms with Gasteiger partial charge < -0.3 is 15.4 Å². The minimum Gasteiger partial charge on any atom is -0.374 e. The summed E-state index contributed by atoms with van der Waals surface area (Å²) in [5.41, 5.74) is -1.50. The molecular weight excluding hydrogens is 369 g/mol. The Labute approximate surface area is 152 Å². The van der Waals surface area contributed by atoms with Gasteiger partial charge in [0.25, 0.3) is 0 Å². The summed E-state index contributed by atoms with van der Waals surface area (Å²) in [6.07, 6.45) is -5.09. The number of anilines is 1. The molecule has 5 nitrogen and oxygen atoms in total. The van der Waals surface area contributed by atoms with Gasteiger partial charge in [0.1, 0.15) is 6.10 Å². The van der Waals surface area contributed by atoms with Crippen LogP contribution in [0.2, 0.25) is 0 Å². The average molecular weight is 386 g/mol. The molecular formula is C17H17F3N2O3S. The molecule has 1 atom stereocenters. The zero-order chi connectivity index (χ0) is 19.3. The van der Waals surface area contributed by atoms with Crippen LogP contribution >= 0.6 is 11.3 Å². The van der Waals surface area contributed by atoms with Crippen molar-refractivity contribution in [2.75, 3.05) is 19.0 Å². The number of carbonyl (C=O) groups excluding carboxylic acids is 2. The van der Waals surface area contributed by atoms with Gasteiger partial charge in [0.05, 0.1) is 11.3 Å². The van der Waals surface area contributed by atoms with Crippen molar-refractivity contribution in [1.82, 2.24) is 5.32 Å². The van der Waals surface area contributed by atoms with Crippen molar-refractivity contribution >= 4 is 28.8 Å². The maximum atomic E-state index is 12.9. The summed E-state index contributed by atoms with van der Waals surface area (Å²) in [5, 5.41) is 4.36. The smallest absolute Gasteiger partial charge is 0.374 e. The normalized spacial score (nSPS) is 12.5. The van der Waals surface area contributed by atoms with Crippen molar-refractivity contribution in [3.05, 3.63) is 51.7 Å². The lowest BCUT2D eigenvalue weighted by molar-refractivity contribution is -0.138. The van der Waals surface area contributed by atoms with Gasteiger partial charge in [-0.25, -0.2) is 0 Å². The monoisotopic (exact) mass is 386 g/mol. The van der Waals surface area contributed by atoms with Gasteiger partial charge in [-0.05, 0) is 31.2 Å². The Morgan fingerprint density at radius 1 is 1.15 bits per heavy atom. The molecule has 2 rings (SSSR count). The molecule has 0 aliphatic carbocycles. The van der Waals surface area contributed by atoms with Gasteiger partial charge in [-0.3, -0.25) is 9.59 Å². The molecule has 140 valence electrons. The summed E-state index contributed by atoms with van der Waals surface area (Å²) in [6.45, 7) is 1.94. The predicted octanol–water partition coefficient (Wildman–Crippen LogP) is 3.52. The Balaban J connectivity index is 1.99. The number of carbonyl (C=O) groups is 2. The number of aryl methyl sites for hydroxylation is 1. The van der Waals surface area contributed by atoms with Crippen molar-refractivity contribution in [1.29, 1.82) is 0 Å². The van der Waals surface area contributed by atoms with E-state index >= 15 is 0 Å². The van der Waals surface area contributed by atoms with E-state index in [-0.39, 0.29) is 6.54 Å². The van der Waals surface area contributed by atoms with Crippen LogP contribution < -0.4 is 10.6 Å². The zero-order valence-corrected chi connectivity index (χ0v) is 14.8. The topological polar surface area (TPSA) is 67.4 Å². The molecule has 26 heavy (non-hydrogen) atoms. The van der Waals surface area contributed by atoms with Crippen molar-refractivity contribution in [3.8, 4) is 0 Å². The number of methoxy groups -OCH3 is 1. The number of thiophene rings is 1. The summed E-state index contributed by atoms with van der Waals surface area (Å²) in [6, 6.07) is 8.19. The lowest BCUT2D eigenvalue weighted by atomic mass is 10.1. The Morgan fingerprint density at radius 2 is 1.85 bits per heavy atom. The van der Waals surface area contributed by atoms with E-state index in [0.29, 0.717) is 0 Å². The highest BCUT2D eigenvalue weighted by Gasteiger charge is 2.34. The molecule has 0 spiro atoms. The van der Waals surface area contributed by atoms with Gasteiger partial charge in [0.15, 0.2) is 0 Å². The fraction of sp³-hybridized carbons (Fsp3) is 0.294. The lowest BCUT2D eigenvalue weighted by Crippen LogP contribution is -2.38. The number of nitrogens with one attached hydrogen (secondary N) is 2. The van der Waals surface area contributed by atoms with E-state index < -0.39 is 35.3 Å². The first-order valence-electron chi connectivity index (χ1n) is 7.57. The van der Waals surface area contributed by atoms with Gasteiger partial charge in [0.2, 0.25) is 0 Å². The van der Waals surface area contributed by atoms with Crippen LogP contribution in [0.5, 0.6) is 0 Å². The second-order valence-corrected chi connectivity index (χ2v) is 6.70. The quantitative estimate of drug-likeness (QED) is 0.773. The third-order valence-electron chi connectivity index (χ3n) is 3.50. The fourth-order valence-corrected chi connectivity index (χ4v) is 3.17. The molecule has 0 saturated heterocycles. The van der Waals surface area contributed by atoms with Gasteiger partial charge in [0, 0.05) is 23.4 Å². The SMILES string of the molecule is CO[C@@H](CNC(=O)C(=O)Nc1ccccc1C(F)(F)F)c1ccc(C)s1. The molecule has 2 aromatic rings. The van der Waals surface area contributed by atoms with E-state index in [1.54, 1.807) is 0 Å². The molecule has 2 amide bonds. The number of hydrogen-bond donors (Lipinski definition) is 2. The van der Waals surface area contributed by atoms with Gasteiger partial charge >= 0.3 is 18.0 Å². The molecule has 2 N–H and O–H groups in total. The Kier molecular flexibility index (Phi) is 6.38. The Bertz CT molecular complexity index is 790. The van der Waals surface area contributed by atoms with Gasteiger partial charge in [-0.1, -0.05) is 12.1 Å². The summed E-state index contributed by atoms with van der Waals surface area (Å²) in [4.78, 5) is 25.7. The highest BCUT2D eigenvalue weighted by atomic mass is 32.1. The number of amides is 2. The summed E-state index contributed by atoms with van der Waals surface area (Å²) in [5.74, 6) is -2.23. The number of para-hydroxylation sites is 1. The molecule has 0 unspecified atom stereocenters. The maximum Gasteiger partial charge on any atom is 0.418 e. The third-order valence-corrected chi connectivity index (χ3v) is 4.59. The molecule has 0 bridgehead atoms. The summed E-state index contributed by atoms with van der Waals surface area (Å²) < 4.78 is 44.0. The molecule has 1 aromatic carbocycles. The van der Waals surface area contributed by atoms with Crippen molar-refractivity contribution in [2.24, 2.45) is 0 Å². The minimum absolute atomic E-state index is 0.0175. The number of benzene rings is 1. The Hall–Kier alpha value is -2.39. The maximum absolute atomic E-state index is 12.9. The molecule has 0 radical (unpaired) electrons. The van der Waals surface area contributed by atoms with Crippen molar-refractivity contribution in [2.45, 2.75) is 19.2 Å². The van der Waals surface area contributed by atoms with Crippen LogP contribution in [0.3, 0.4) is 0 Å². The zero-order valence-electron chi connectivity index (χ0n) is 14.0. The van der Waals surface area contributed by atoms with Crippen molar-refractivity contribution < 1.29 is 27.5 Å². The fourth-order valence-electron chi connectivity index (χ4n) is 2.21. The molecule has 0 fully saturated rings. The molecule has 0 aliphatic heterocycles. The standard InChI is InChI=1S/C17H17F3N2O3S/c1-10-7-8-14(26-10)13(25-2)9-21-15(23)16(24)22-12-6-4-3-5-11(12)17(18,19)20/h3-8,13H,9H2,1-2H3,(H,21,23)(H,22,24)/t13-/m0/s1. The summed E-state index contributed by atoms with van der Waals surface area (Å²) >= 11 is 1.49. The number of halogens is 3. The van der Waals surface area contributed by atoms with Crippen LogP contribution in [0, 0.1) is 6.92 Å². The molecule has 1 heterocycles. The van der Waals surface area contributed by atoms with E-state index in [1.807, 2.05) is 24.4 Å². The van der Waals surface area contributed by atoms with Crippen LogP contribution in [0.4, 0.5) is 18.9 Å². The summed E-state index contributed by atoms with van der Waals surface area (Å²) in [7, 11) is 1.46. The largest absolute Gasteiger partial charge is 0.418 e. The van der Waals surface area contributed by atoms with Gasteiger partial charge in [-0.15, -0.1) is 11.3 Å². The molecule has 0 saturated carbocycles. The minimum atomic E-state index is -4.64. The number of hydrogen-bond acceptors (Lipinski definition) is 4. The Morgan fingerprint density at radius 3 is 2.42 bits per heavy atom. The number of ether oxygens (including phenoxy) is 1. The first-order chi connectivity index (χ1) is 12.2. The van der Waals surface area contributed by atoms with E-state index in [1.165, 1.54) is 30.6 Å². The lowest BCUT2D eigenvalue weighted by Gasteiger charge is -2.15. The number of rotatable bonds is 5. The second kappa shape index (κ2) is 8.33. The van der Waals surface area contributed by atoms with E-state index in [0.717, 1.165) is 21.9 Å². The first-order valence-corrected chi connectivity index (χ1v) is 8.38. The number of alkyl halides is 3. The molecule has 9 heteroatoms. The van der Waals surface area contributed by atoms with E-state index in [9.17, 15) is 22.8 Å². The second-order valence-electron chi connectivity index (χ2n) is 5.38. The van der Waals surface area contributed by atoms with Crippen LogP contribution in [-0.4, -0.2) is 25.5 Å². The third kappa shape index (κ3) is 5.06.